The van der Waals surface area contributed by atoms with Gasteiger partial charge >= 0.3 is 18.4 Å². The molecule has 2 N–H and O–H groups in total. The largest absolute Gasteiger partial charge is 0.491 e. The first-order valence-electron chi connectivity index (χ1n) is 14.1. The van der Waals surface area contributed by atoms with Crippen molar-refractivity contribution in [1.29, 1.82) is 0 Å². The van der Waals surface area contributed by atoms with Gasteiger partial charge in [0.25, 0.3) is 5.60 Å². The Balaban J connectivity index is 1.49. The van der Waals surface area contributed by atoms with Crippen LogP contribution in [0.25, 0.3) is 0 Å². The molecule has 0 spiro atoms. The smallest absolute Gasteiger partial charge is 0.430 e. The monoisotopic (exact) mass is 641 g/mol. The molecule has 1 unspecified atom stereocenters. The van der Waals surface area contributed by atoms with Crippen molar-refractivity contribution in [3.63, 3.8) is 0 Å². The van der Waals surface area contributed by atoms with Crippen molar-refractivity contribution < 1.29 is 50.5 Å². The molecule has 1 aliphatic rings. The second kappa shape index (κ2) is 12.8. The molecule has 0 saturated carbocycles. The summed E-state index contributed by atoms with van der Waals surface area (Å²) in [4.78, 5) is 18.7. The minimum Gasteiger partial charge on any atom is -0.491 e. The molecule has 45 heavy (non-hydrogen) atoms. The highest BCUT2D eigenvalue weighted by molar-refractivity contribution is 5.75. The molecular formula is C31H33F6N3O5. The number of carbonyl (C=O) groups is 1. The number of nitrogens with one attached hydrogen (secondary N) is 1. The van der Waals surface area contributed by atoms with Crippen molar-refractivity contribution in [2.24, 2.45) is 0 Å². The Morgan fingerprint density at radius 1 is 1.04 bits per heavy atom. The lowest BCUT2D eigenvalue weighted by Crippen LogP contribution is -2.57. The van der Waals surface area contributed by atoms with Gasteiger partial charge in [-0.15, -0.1) is 0 Å². The number of halogens is 6. The second-order valence-electron chi connectivity index (χ2n) is 11.0. The average Bonchev–Trinajstić information content (AvgIpc) is 2.94. The van der Waals surface area contributed by atoms with Crippen LogP contribution in [0.3, 0.4) is 0 Å². The maximum atomic E-state index is 13.4. The van der Waals surface area contributed by atoms with Gasteiger partial charge in [0.2, 0.25) is 5.88 Å². The molecule has 1 atom stereocenters. The van der Waals surface area contributed by atoms with Gasteiger partial charge in [-0.3, -0.25) is 4.90 Å². The number of benzene rings is 2. The number of ether oxygens (including phenoxy) is 3. The fourth-order valence-corrected chi connectivity index (χ4v) is 4.75. The Morgan fingerprint density at radius 2 is 1.71 bits per heavy atom. The van der Waals surface area contributed by atoms with Crippen LogP contribution in [0.5, 0.6) is 17.4 Å². The Labute approximate surface area is 255 Å². The molecule has 3 aromatic rings. The maximum absolute atomic E-state index is 13.4. The first-order chi connectivity index (χ1) is 21.0. The average molecular weight is 642 g/mol. The number of hydrogen-bond acceptors (Lipinski definition) is 6. The number of rotatable bonds is 10. The van der Waals surface area contributed by atoms with E-state index in [-0.39, 0.29) is 43.0 Å². The Bertz CT molecular complexity index is 1480. The Kier molecular flexibility index (Phi) is 9.59. The molecular weight excluding hydrogens is 608 g/mol. The summed E-state index contributed by atoms with van der Waals surface area (Å²) in [7, 11) is 0. The van der Waals surface area contributed by atoms with Gasteiger partial charge in [0, 0.05) is 17.2 Å². The SMILES string of the molecule is CCCc1cc(C(O)(C(F)(F)F)C(F)(F)F)ccc1Oc1cccc(CN2COC(C)(c3ccc(OC(C)C)cc3)NC2=O)n1. The van der Waals surface area contributed by atoms with Crippen molar-refractivity contribution in [2.75, 3.05) is 6.73 Å². The Morgan fingerprint density at radius 3 is 2.29 bits per heavy atom. The lowest BCUT2D eigenvalue weighted by Gasteiger charge is -2.40. The van der Waals surface area contributed by atoms with E-state index in [2.05, 4.69) is 10.3 Å². The van der Waals surface area contributed by atoms with E-state index in [0.717, 1.165) is 6.07 Å². The molecule has 4 rings (SSSR count). The van der Waals surface area contributed by atoms with Crippen LogP contribution in [0.4, 0.5) is 31.1 Å². The van der Waals surface area contributed by atoms with Gasteiger partial charge in [-0.25, -0.2) is 9.78 Å². The van der Waals surface area contributed by atoms with Gasteiger partial charge in [-0.05, 0) is 63.1 Å². The summed E-state index contributed by atoms with van der Waals surface area (Å²) < 4.78 is 98.1. The second-order valence-corrected chi connectivity index (χ2v) is 11.0. The molecule has 2 amide bonds. The van der Waals surface area contributed by atoms with E-state index in [1.54, 1.807) is 50.2 Å². The summed E-state index contributed by atoms with van der Waals surface area (Å²) in [5.41, 5.74) is -6.43. The summed E-state index contributed by atoms with van der Waals surface area (Å²) in [6, 6.07) is 13.5. The van der Waals surface area contributed by atoms with Crippen LogP contribution in [0.2, 0.25) is 0 Å². The molecule has 0 aliphatic carbocycles. The molecule has 1 fully saturated rings. The van der Waals surface area contributed by atoms with E-state index in [0.29, 0.717) is 35.6 Å². The summed E-state index contributed by atoms with van der Waals surface area (Å²) in [6.45, 7) is 7.15. The van der Waals surface area contributed by atoms with E-state index in [4.69, 9.17) is 14.2 Å². The number of nitrogens with zero attached hydrogens (tertiary/aromatic N) is 2. The lowest BCUT2D eigenvalue weighted by atomic mass is 9.90. The summed E-state index contributed by atoms with van der Waals surface area (Å²) >= 11 is 0. The van der Waals surface area contributed by atoms with Gasteiger partial charge in [-0.1, -0.05) is 37.6 Å². The first kappa shape index (κ1) is 33.8. The highest BCUT2D eigenvalue weighted by Crippen LogP contribution is 2.50. The van der Waals surface area contributed by atoms with Crippen molar-refractivity contribution in [3.05, 3.63) is 83.0 Å². The van der Waals surface area contributed by atoms with Gasteiger partial charge in [0.05, 0.1) is 18.3 Å². The minimum atomic E-state index is -6.01. The maximum Gasteiger partial charge on any atom is 0.430 e. The first-order valence-corrected chi connectivity index (χ1v) is 14.1. The Hall–Kier alpha value is -4.04. The third-order valence-corrected chi connectivity index (χ3v) is 7.09. The third kappa shape index (κ3) is 7.28. The van der Waals surface area contributed by atoms with Crippen LogP contribution < -0.4 is 14.8 Å². The van der Waals surface area contributed by atoms with E-state index in [9.17, 15) is 36.2 Å². The standard InChI is InChI=1S/C31H33F6N3O5/c1-5-7-20-16-22(29(42,30(32,33)34)31(35,36)37)12-15-25(20)45-26-9-6-8-23(38-26)17-40-18-43-28(4,39-27(40)41)21-10-13-24(14-11-21)44-19(2)3/h6,8-16,19,42H,5,7,17-18H2,1-4H3,(H,39,41). The highest BCUT2D eigenvalue weighted by atomic mass is 19.4. The van der Waals surface area contributed by atoms with Crippen molar-refractivity contribution in [3.8, 4) is 17.4 Å². The van der Waals surface area contributed by atoms with Gasteiger partial charge in [-0.2, -0.15) is 26.3 Å². The number of carbonyl (C=O) groups excluding carboxylic acids is 1. The molecule has 244 valence electrons. The molecule has 1 aromatic heterocycles. The lowest BCUT2D eigenvalue weighted by molar-refractivity contribution is -0.376. The molecule has 1 saturated heterocycles. The van der Waals surface area contributed by atoms with E-state index < -0.39 is 35.3 Å². The molecule has 0 bridgehead atoms. The number of aryl methyl sites for hydroxylation is 1. The quantitative estimate of drug-likeness (QED) is 0.226. The third-order valence-electron chi connectivity index (χ3n) is 7.09. The summed E-state index contributed by atoms with van der Waals surface area (Å²) in [5, 5.41) is 12.7. The number of amides is 2. The van der Waals surface area contributed by atoms with Gasteiger partial charge < -0.3 is 24.6 Å². The van der Waals surface area contributed by atoms with Crippen LogP contribution in [0.15, 0.2) is 60.7 Å². The molecule has 8 nitrogen and oxygen atoms in total. The molecule has 0 radical (unpaired) electrons. The summed E-state index contributed by atoms with van der Waals surface area (Å²) in [6.07, 6.45) is -11.6. The number of aromatic nitrogens is 1. The molecule has 14 heteroatoms. The van der Waals surface area contributed by atoms with Gasteiger partial charge in [0.1, 0.15) is 18.2 Å². The van der Waals surface area contributed by atoms with Crippen LogP contribution >= 0.6 is 0 Å². The van der Waals surface area contributed by atoms with Crippen LogP contribution in [0, 0.1) is 0 Å². The minimum absolute atomic E-state index is 0.00479. The number of aliphatic hydroxyl groups is 1. The van der Waals surface area contributed by atoms with E-state index >= 15 is 0 Å². The fraction of sp³-hybridized carbons (Fsp3) is 0.419. The zero-order chi connectivity index (χ0) is 33.2. The van der Waals surface area contributed by atoms with Crippen LogP contribution in [-0.4, -0.2) is 46.2 Å². The number of pyridine rings is 1. The van der Waals surface area contributed by atoms with Crippen molar-refractivity contribution >= 4 is 6.03 Å². The predicted molar refractivity (Wildman–Crippen MR) is 150 cm³/mol. The predicted octanol–water partition coefficient (Wildman–Crippen LogP) is 7.30. The molecule has 1 aliphatic heterocycles. The fourth-order valence-electron chi connectivity index (χ4n) is 4.75. The number of hydrogen-bond donors (Lipinski definition) is 2. The topological polar surface area (TPSA) is 93.2 Å². The van der Waals surface area contributed by atoms with Gasteiger partial charge in [0.15, 0.2) is 5.72 Å². The van der Waals surface area contributed by atoms with Crippen molar-refractivity contribution in [2.45, 2.75) is 76.9 Å². The molecule has 2 heterocycles. The molecule has 2 aromatic carbocycles. The zero-order valence-corrected chi connectivity index (χ0v) is 24.9. The summed E-state index contributed by atoms with van der Waals surface area (Å²) in [5.74, 6) is 0.638. The normalized spacial score (nSPS) is 17.8. The highest BCUT2D eigenvalue weighted by Gasteiger charge is 2.71. The van der Waals surface area contributed by atoms with Crippen LogP contribution in [0.1, 0.15) is 56.5 Å². The number of urea groups is 1. The van der Waals surface area contributed by atoms with Crippen LogP contribution in [-0.2, 0) is 29.0 Å². The zero-order valence-electron chi connectivity index (χ0n) is 24.9. The van der Waals surface area contributed by atoms with Crippen molar-refractivity contribution in [1.82, 2.24) is 15.2 Å². The van der Waals surface area contributed by atoms with E-state index in [1.165, 1.54) is 11.0 Å². The number of alkyl halides is 6. The van der Waals surface area contributed by atoms with E-state index in [1.807, 2.05) is 13.8 Å².